The number of benzene rings is 2. The van der Waals surface area contributed by atoms with Crippen LogP contribution in [-0.2, 0) is 4.79 Å². The molecule has 174 valence electrons. The van der Waals surface area contributed by atoms with Crippen molar-refractivity contribution in [1.29, 1.82) is 0 Å². The van der Waals surface area contributed by atoms with Crippen LogP contribution in [0.4, 0.5) is 15.8 Å². The first-order valence-corrected chi connectivity index (χ1v) is 11.1. The van der Waals surface area contributed by atoms with Crippen molar-refractivity contribution in [1.82, 2.24) is 14.8 Å². The van der Waals surface area contributed by atoms with Gasteiger partial charge in [0.05, 0.1) is 10.2 Å². The second-order valence-corrected chi connectivity index (χ2v) is 8.86. The predicted octanol–water partition coefficient (Wildman–Crippen LogP) is 5.17. The number of aromatic nitrogens is 3. The molecular weight excluding hydrogens is 449 g/mol. The number of nitrogens with one attached hydrogen (secondary N) is 1. The van der Waals surface area contributed by atoms with Gasteiger partial charge in [-0.25, -0.2) is 4.39 Å². The lowest BCUT2D eigenvalue weighted by molar-refractivity contribution is -0.384. The molecule has 0 saturated heterocycles. The average Bonchev–Trinajstić information content (AvgIpc) is 3.19. The van der Waals surface area contributed by atoms with Gasteiger partial charge in [-0.15, -0.1) is 10.2 Å². The number of hydrogen-bond donors (Lipinski definition) is 1. The number of halogens is 1. The highest BCUT2D eigenvalue weighted by molar-refractivity contribution is 8.00. The van der Waals surface area contributed by atoms with E-state index in [9.17, 15) is 19.3 Å². The number of nitrogens with zero attached hydrogens (tertiary/aromatic N) is 4. The summed E-state index contributed by atoms with van der Waals surface area (Å²) >= 11 is 1.22. The largest absolute Gasteiger partial charge is 0.480 e. The maximum absolute atomic E-state index is 14.0. The molecule has 11 heteroatoms. The van der Waals surface area contributed by atoms with Gasteiger partial charge in [0.2, 0.25) is 5.91 Å². The zero-order valence-electron chi connectivity index (χ0n) is 18.6. The third-order valence-corrected chi connectivity index (χ3v) is 5.77. The van der Waals surface area contributed by atoms with Crippen molar-refractivity contribution in [3.63, 3.8) is 0 Å². The number of rotatable bonds is 9. The van der Waals surface area contributed by atoms with Crippen molar-refractivity contribution in [2.75, 3.05) is 5.32 Å². The Kier molecular flexibility index (Phi) is 7.64. The van der Waals surface area contributed by atoms with Gasteiger partial charge in [0.15, 0.2) is 28.7 Å². The van der Waals surface area contributed by atoms with Crippen molar-refractivity contribution >= 4 is 29.0 Å². The van der Waals surface area contributed by atoms with E-state index in [1.165, 1.54) is 42.1 Å². The molecule has 33 heavy (non-hydrogen) atoms. The number of nitro benzene ring substituents is 1. The molecule has 3 rings (SSSR count). The number of amides is 1. The fourth-order valence-corrected chi connectivity index (χ4v) is 4.02. The predicted molar refractivity (Wildman–Crippen MR) is 123 cm³/mol. The lowest BCUT2D eigenvalue weighted by Crippen LogP contribution is -2.23. The van der Waals surface area contributed by atoms with Crippen LogP contribution < -0.4 is 10.1 Å². The fourth-order valence-electron chi connectivity index (χ4n) is 3.04. The number of nitro groups is 1. The van der Waals surface area contributed by atoms with Gasteiger partial charge in [0.1, 0.15) is 0 Å². The Balaban J connectivity index is 1.72. The van der Waals surface area contributed by atoms with Crippen LogP contribution in [0.2, 0.25) is 0 Å². The van der Waals surface area contributed by atoms with Crippen LogP contribution >= 0.6 is 11.8 Å². The molecule has 0 saturated carbocycles. The average molecular weight is 474 g/mol. The second-order valence-electron chi connectivity index (χ2n) is 7.55. The first kappa shape index (κ1) is 24.2. The van der Waals surface area contributed by atoms with E-state index < -0.39 is 22.1 Å². The van der Waals surface area contributed by atoms with E-state index in [4.69, 9.17) is 4.74 Å². The van der Waals surface area contributed by atoms with E-state index in [-0.39, 0.29) is 23.4 Å². The summed E-state index contributed by atoms with van der Waals surface area (Å²) in [5.74, 6) is -0.123. The number of carbonyl (C=O) groups is 1. The number of thioether (sulfide) groups is 1. The molecular formula is C22H24FN5O4S. The highest BCUT2D eigenvalue weighted by Crippen LogP contribution is 2.30. The van der Waals surface area contributed by atoms with Crippen LogP contribution in [0.25, 0.3) is 0 Å². The molecule has 0 bridgehead atoms. The molecule has 1 N–H and O–H groups in total. The Bertz CT molecular complexity index is 1140. The molecule has 0 radical (unpaired) electrons. The zero-order chi connectivity index (χ0) is 24.1. The first-order valence-electron chi connectivity index (χ1n) is 10.2. The molecule has 2 atom stereocenters. The van der Waals surface area contributed by atoms with Crippen molar-refractivity contribution < 1.29 is 18.8 Å². The summed E-state index contributed by atoms with van der Waals surface area (Å²) in [6.45, 7) is 7.39. The van der Waals surface area contributed by atoms with E-state index in [2.05, 4.69) is 15.5 Å². The van der Waals surface area contributed by atoms with E-state index in [1.54, 1.807) is 32.0 Å². The van der Waals surface area contributed by atoms with Crippen LogP contribution in [0.1, 0.15) is 45.7 Å². The molecule has 0 fully saturated rings. The Morgan fingerprint density at radius 1 is 1.12 bits per heavy atom. The molecule has 2 aromatic carbocycles. The molecule has 1 amide bonds. The molecule has 1 heterocycles. The summed E-state index contributed by atoms with van der Waals surface area (Å²) in [6.07, 6.45) is -0.574. The van der Waals surface area contributed by atoms with Crippen LogP contribution in [-0.4, -0.2) is 30.8 Å². The standard InChI is InChI=1S/C22H24FN5O4S/c1-13(2)27-20(14(3)32-19-8-6-5-7-18(19)23)25-26-22(27)33-15(4)21(29)24-16-9-11-17(12-10-16)28(30)31/h5-15H,1-4H3,(H,24,29). The third kappa shape index (κ3) is 5.86. The summed E-state index contributed by atoms with van der Waals surface area (Å²) in [6, 6.07) is 11.7. The lowest BCUT2D eigenvalue weighted by atomic mass is 10.3. The molecule has 3 aromatic rings. The van der Waals surface area contributed by atoms with Crippen LogP contribution in [0.15, 0.2) is 53.7 Å². The highest BCUT2D eigenvalue weighted by Gasteiger charge is 2.25. The van der Waals surface area contributed by atoms with Gasteiger partial charge in [0, 0.05) is 23.9 Å². The Morgan fingerprint density at radius 2 is 1.79 bits per heavy atom. The van der Waals surface area contributed by atoms with Crippen molar-refractivity contribution in [2.24, 2.45) is 0 Å². The quantitative estimate of drug-likeness (QED) is 0.259. The van der Waals surface area contributed by atoms with E-state index in [0.29, 0.717) is 16.7 Å². The molecule has 1 aromatic heterocycles. The van der Waals surface area contributed by atoms with E-state index in [0.717, 1.165) is 0 Å². The maximum Gasteiger partial charge on any atom is 0.269 e. The molecule has 2 unspecified atom stereocenters. The number of carbonyl (C=O) groups excluding carboxylic acids is 1. The zero-order valence-corrected chi connectivity index (χ0v) is 19.4. The molecule has 0 spiro atoms. The van der Waals surface area contributed by atoms with Gasteiger partial charge < -0.3 is 14.6 Å². The monoisotopic (exact) mass is 473 g/mol. The van der Waals surface area contributed by atoms with Crippen molar-refractivity contribution in [2.45, 2.75) is 50.2 Å². The number of non-ortho nitro benzene ring substituents is 1. The number of ether oxygens (including phenoxy) is 1. The number of anilines is 1. The number of para-hydroxylation sites is 1. The van der Waals surface area contributed by atoms with Gasteiger partial charge >= 0.3 is 0 Å². The summed E-state index contributed by atoms with van der Waals surface area (Å²) in [5.41, 5.74) is 0.399. The van der Waals surface area contributed by atoms with Gasteiger partial charge in [-0.2, -0.15) is 0 Å². The van der Waals surface area contributed by atoms with Gasteiger partial charge in [-0.3, -0.25) is 14.9 Å². The molecule has 0 aliphatic heterocycles. The summed E-state index contributed by atoms with van der Waals surface area (Å²) in [5, 5.41) is 22.0. The minimum atomic E-state index is -0.574. The summed E-state index contributed by atoms with van der Waals surface area (Å²) < 4.78 is 21.6. The summed E-state index contributed by atoms with van der Waals surface area (Å²) in [4.78, 5) is 22.9. The minimum absolute atomic E-state index is 0.0332. The lowest BCUT2D eigenvalue weighted by Gasteiger charge is -2.20. The smallest absolute Gasteiger partial charge is 0.269 e. The summed E-state index contributed by atoms with van der Waals surface area (Å²) in [7, 11) is 0. The molecule has 9 nitrogen and oxygen atoms in total. The molecule has 0 aliphatic rings. The Labute approximate surface area is 194 Å². The van der Waals surface area contributed by atoms with Crippen molar-refractivity contribution in [3.8, 4) is 5.75 Å². The van der Waals surface area contributed by atoms with Gasteiger partial charge in [0.25, 0.3) is 5.69 Å². The fraction of sp³-hybridized carbons (Fsp3) is 0.318. The van der Waals surface area contributed by atoms with Gasteiger partial charge in [-0.05, 0) is 52.0 Å². The Hall–Kier alpha value is -3.47. The SMILES string of the molecule is CC(Sc1nnc(C(C)Oc2ccccc2F)n1C(C)C)C(=O)Nc1ccc([N+](=O)[O-])cc1. The number of hydrogen-bond acceptors (Lipinski definition) is 7. The van der Waals surface area contributed by atoms with Crippen LogP contribution in [0.3, 0.4) is 0 Å². The highest BCUT2D eigenvalue weighted by atomic mass is 32.2. The van der Waals surface area contributed by atoms with E-state index >= 15 is 0 Å². The normalized spacial score (nSPS) is 12.9. The second kappa shape index (κ2) is 10.4. The maximum atomic E-state index is 14.0. The van der Waals surface area contributed by atoms with Crippen LogP contribution in [0.5, 0.6) is 5.75 Å². The van der Waals surface area contributed by atoms with Crippen molar-refractivity contribution in [3.05, 3.63) is 70.3 Å². The van der Waals surface area contributed by atoms with Gasteiger partial charge in [-0.1, -0.05) is 23.9 Å². The Morgan fingerprint density at radius 3 is 2.39 bits per heavy atom. The topological polar surface area (TPSA) is 112 Å². The first-order chi connectivity index (χ1) is 15.7. The van der Waals surface area contributed by atoms with Crippen LogP contribution in [0, 0.1) is 15.9 Å². The minimum Gasteiger partial charge on any atom is -0.480 e. The van der Waals surface area contributed by atoms with E-state index in [1.807, 2.05) is 18.4 Å². The molecule has 0 aliphatic carbocycles. The third-order valence-electron chi connectivity index (χ3n) is 4.71.